The second kappa shape index (κ2) is 18.0. The number of hydrogen-bond acceptors (Lipinski definition) is 6. The second-order valence-electron chi connectivity index (χ2n) is 18.4. The molecule has 0 bridgehead atoms. The van der Waals surface area contributed by atoms with Gasteiger partial charge >= 0.3 is 0 Å². The van der Waals surface area contributed by atoms with Crippen molar-refractivity contribution in [2.24, 2.45) is 0 Å². The largest absolute Gasteiger partial charge is 0.501 e. The van der Waals surface area contributed by atoms with Gasteiger partial charge < -0.3 is 13.4 Å². The Morgan fingerprint density at radius 1 is 0.687 bits per heavy atom. The fraction of sp³-hybridized carbons (Fsp3) is 0.172. The second-order valence-corrected chi connectivity index (χ2v) is 23.5. The van der Waals surface area contributed by atoms with E-state index in [0.717, 1.165) is 60.9 Å². The molecule has 0 aliphatic carbocycles. The van der Waals surface area contributed by atoms with E-state index in [4.69, 9.17) is 17.9 Å². The minimum Gasteiger partial charge on any atom is -0.501 e. The van der Waals surface area contributed by atoms with Gasteiger partial charge in [-0.3, -0.25) is 15.0 Å². The van der Waals surface area contributed by atoms with Crippen LogP contribution >= 0.6 is 0 Å². The Balaban J connectivity index is 0.000000304. The van der Waals surface area contributed by atoms with Crippen LogP contribution in [0.5, 0.6) is 0 Å². The third-order valence-corrected chi connectivity index (χ3v) is 14.3. The van der Waals surface area contributed by atoms with Crippen molar-refractivity contribution >= 4 is 68.2 Å². The van der Waals surface area contributed by atoms with Gasteiger partial charge in [-0.1, -0.05) is 101 Å². The molecule has 0 aliphatic heterocycles. The standard InChI is InChI=1S/C45H34N3O2.C13H15N2Si.Ir/c1-25(2)34-20-30(29-12-7-6-8-13-29)21-35(26(3)4)43(34)48-42-27(5)11-9-16-38(42)47-45(48)33-15-10-14-32-37-23-40-36(22-41(37)50-44(32)33)31-18-17-28(24-46)19-39(31)49-40;1-16(2,3)12-9-14-13(15-10-12)11-7-5-4-6-8-11;/h6-14,16-23,25-26H,1-5H3;4-7,9-10H,1-3H3;/q2*-1;/i5D3;;. The zero-order valence-electron chi connectivity index (χ0n) is 41.3. The number of rotatable bonds is 7. The number of nitriles is 1. The van der Waals surface area contributed by atoms with Crippen molar-refractivity contribution in [3.8, 4) is 45.7 Å². The molecule has 7 aromatic carbocycles. The van der Waals surface area contributed by atoms with E-state index in [1.807, 2.05) is 91.3 Å². The van der Waals surface area contributed by atoms with Gasteiger partial charge in [0.1, 0.15) is 16.7 Å². The molecule has 0 fully saturated rings. The van der Waals surface area contributed by atoms with Crippen molar-refractivity contribution < 1.29 is 33.1 Å². The molecule has 7 nitrogen and oxygen atoms in total. The molecule has 11 aromatic rings. The van der Waals surface area contributed by atoms with Crippen LogP contribution < -0.4 is 5.19 Å². The van der Waals surface area contributed by atoms with Crippen LogP contribution in [-0.4, -0.2) is 27.6 Å². The van der Waals surface area contributed by atoms with Crippen LogP contribution in [0.3, 0.4) is 0 Å². The zero-order valence-corrected chi connectivity index (χ0v) is 41.7. The minimum absolute atomic E-state index is 0. The number of furan rings is 2. The number of imidazole rings is 1. The molecule has 333 valence electrons. The van der Waals surface area contributed by atoms with Crippen molar-refractivity contribution in [1.82, 2.24) is 19.5 Å². The first-order chi connectivity index (χ1) is 33.1. The van der Waals surface area contributed by atoms with Gasteiger partial charge in [0, 0.05) is 58.5 Å². The maximum atomic E-state index is 9.42. The van der Waals surface area contributed by atoms with Crippen LogP contribution in [0.15, 0.2) is 149 Å². The molecule has 0 atom stereocenters. The van der Waals surface area contributed by atoms with Crippen LogP contribution in [0, 0.1) is 30.3 Å². The van der Waals surface area contributed by atoms with E-state index < -0.39 is 14.9 Å². The van der Waals surface area contributed by atoms with E-state index >= 15 is 0 Å². The average molecular weight is 1070 g/mol. The van der Waals surface area contributed by atoms with Gasteiger partial charge in [-0.25, -0.2) is 0 Å². The van der Waals surface area contributed by atoms with E-state index in [9.17, 15) is 5.26 Å². The van der Waals surface area contributed by atoms with E-state index in [1.54, 1.807) is 24.3 Å². The zero-order chi connectivity index (χ0) is 48.4. The predicted molar refractivity (Wildman–Crippen MR) is 272 cm³/mol. The number of aryl methyl sites for hydroxylation is 1. The molecule has 0 amide bonds. The molecule has 4 aromatic heterocycles. The van der Waals surface area contributed by atoms with E-state index in [-0.39, 0.29) is 37.5 Å². The summed E-state index contributed by atoms with van der Waals surface area (Å²) >= 11 is 0. The predicted octanol–water partition coefficient (Wildman–Crippen LogP) is 14.9. The first kappa shape index (κ1) is 41.5. The normalized spacial score (nSPS) is 12.6. The molecule has 0 N–H and O–H groups in total. The summed E-state index contributed by atoms with van der Waals surface area (Å²) in [6, 6.07) is 49.9. The first-order valence-corrected chi connectivity index (χ1v) is 25.8. The molecule has 1 radical (unpaired) electrons. The fourth-order valence-corrected chi connectivity index (χ4v) is 9.66. The van der Waals surface area contributed by atoms with Crippen LogP contribution in [0.4, 0.5) is 0 Å². The smallest absolute Gasteiger partial charge is 0.136 e. The summed E-state index contributed by atoms with van der Waals surface area (Å²) in [6.07, 6.45) is 3.91. The van der Waals surface area contributed by atoms with Gasteiger partial charge in [-0.15, -0.1) is 54.1 Å². The van der Waals surface area contributed by atoms with Crippen molar-refractivity contribution in [2.75, 3.05) is 0 Å². The molecule has 9 heteroatoms. The monoisotopic (exact) mass is 1070 g/mol. The number of hydrogen-bond donors (Lipinski definition) is 0. The van der Waals surface area contributed by atoms with Gasteiger partial charge in [0.2, 0.25) is 0 Å². The Morgan fingerprint density at radius 3 is 2.03 bits per heavy atom. The maximum absolute atomic E-state index is 9.42. The topological polar surface area (TPSA) is 93.7 Å². The Hall–Kier alpha value is -6.95. The summed E-state index contributed by atoms with van der Waals surface area (Å²) in [5.41, 5.74) is 11.4. The molecule has 0 aliphatic rings. The van der Waals surface area contributed by atoms with Crippen molar-refractivity contribution in [3.05, 3.63) is 174 Å². The summed E-state index contributed by atoms with van der Waals surface area (Å²) in [5, 5.41) is 14.2. The molecule has 0 saturated heterocycles. The summed E-state index contributed by atoms with van der Waals surface area (Å²) in [6.45, 7) is 13.2. The fourth-order valence-electron chi connectivity index (χ4n) is 8.76. The van der Waals surface area contributed by atoms with Gasteiger partial charge in [0.25, 0.3) is 0 Å². The Kier molecular flexibility index (Phi) is 11.2. The van der Waals surface area contributed by atoms with Gasteiger partial charge in [0.15, 0.2) is 0 Å². The number of benzene rings is 7. The summed E-state index contributed by atoms with van der Waals surface area (Å²) in [7, 11) is -1.29. The number of fused-ring (bicyclic) bond motifs is 7. The molecular formula is C58H49IrN5O2Si-2. The van der Waals surface area contributed by atoms with Crippen molar-refractivity contribution in [1.29, 1.82) is 5.26 Å². The molecule has 11 rings (SSSR count). The first-order valence-electron chi connectivity index (χ1n) is 23.8. The van der Waals surface area contributed by atoms with Crippen molar-refractivity contribution in [3.63, 3.8) is 0 Å². The minimum atomic E-state index is -2.39. The van der Waals surface area contributed by atoms with E-state index in [1.165, 1.54) is 5.19 Å². The Labute approximate surface area is 409 Å². The van der Waals surface area contributed by atoms with Crippen LogP contribution in [-0.2, 0) is 20.1 Å². The summed E-state index contributed by atoms with van der Waals surface area (Å²) in [5.74, 6) is 1.49. The average Bonchev–Trinajstić information content (AvgIpc) is 4.03. The number of para-hydroxylation sites is 1. The van der Waals surface area contributed by atoms with Crippen LogP contribution in [0.2, 0.25) is 19.6 Å². The molecule has 0 saturated carbocycles. The number of nitrogens with zero attached hydrogens (tertiary/aromatic N) is 5. The summed E-state index contributed by atoms with van der Waals surface area (Å²) in [4.78, 5) is 14.0. The van der Waals surface area contributed by atoms with Gasteiger partial charge in [0.05, 0.1) is 48.0 Å². The van der Waals surface area contributed by atoms with E-state index in [0.29, 0.717) is 50.3 Å². The van der Waals surface area contributed by atoms with Gasteiger partial charge in [-0.2, -0.15) is 5.26 Å². The van der Waals surface area contributed by atoms with Crippen molar-refractivity contribution in [2.45, 2.75) is 66.0 Å². The van der Waals surface area contributed by atoms with E-state index in [2.05, 4.69) is 104 Å². The SMILES string of the molecule is C[Si](C)(C)c1cnc(-c2[c-]cccc2)nc1.[2H]C([2H])([2H])c1cccc2nc(-c3[c-]ccc4c3oc3cc5c(cc34)oc3cc(C#N)ccc35)n(-c3c(C(C)C)cc(-c4ccccc4)cc3C(C)C)c12.[Ir]. The molecular weight excluding hydrogens is 1020 g/mol. The third kappa shape index (κ3) is 8.31. The van der Waals surface area contributed by atoms with Crippen LogP contribution in [0.1, 0.15) is 65.9 Å². The van der Waals surface area contributed by atoms with Crippen LogP contribution in [0.25, 0.3) is 94.5 Å². The third-order valence-electron chi connectivity index (χ3n) is 12.3. The Bertz CT molecular complexity index is 3740. The van der Waals surface area contributed by atoms with Gasteiger partial charge in [-0.05, 0) is 100 Å². The molecule has 4 heterocycles. The maximum Gasteiger partial charge on any atom is 0.136 e. The molecule has 0 unspecified atom stereocenters. The Morgan fingerprint density at radius 2 is 1.37 bits per heavy atom. The quantitative estimate of drug-likeness (QED) is 0.117. The molecule has 0 spiro atoms. The summed E-state index contributed by atoms with van der Waals surface area (Å²) < 4.78 is 40.9. The number of aromatic nitrogens is 4. The molecule has 67 heavy (non-hydrogen) atoms.